The van der Waals surface area contributed by atoms with Crippen molar-refractivity contribution in [3.8, 4) is 11.5 Å². The number of benzene rings is 2. The van der Waals surface area contributed by atoms with Gasteiger partial charge in [0.1, 0.15) is 18.1 Å². The van der Waals surface area contributed by atoms with Gasteiger partial charge in [0.2, 0.25) is 0 Å². The van der Waals surface area contributed by atoms with E-state index >= 15 is 0 Å². The van der Waals surface area contributed by atoms with Gasteiger partial charge in [-0.25, -0.2) is 9.79 Å². The van der Waals surface area contributed by atoms with Crippen molar-refractivity contribution in [1.29, 1.82) is 0 Å². The molecule has 1 aliphatic rings. The molecule has 1 N–H and O–H groups in total. The van der Waals surface area contributed by atoms with Gasteiger partial charge in [-0.05, 0) is 53.5 Å². The Morgan fingerprint density at radius 3 is 2.68 bits per heavy atom. The molecule has 2 aromatic carbocycles. The molecule has 0 amide bonds. The number of nitro benzene ring substituents is 1. The summed E-state index contributed by atoms with van der Waals surface area (Å²) in [6, 6.07) is 8.46. The molecule has 0 spiro atoms. The van der Waals surface area contributed by atoms with Gasteiger partial charge in [0.15, 0.2) is 4.80 Å². The van der Waals surface area contributed by atoms with Crippen molar-refractivity contribution < 1.29 is 24.3 Å². The fraction of sp³-hybridized carbons (Fsp3) is 0.192. The Labute approximate surface area is 228 Å². The first-order valence-electron chi connectivity index (χ1n) is 11.4. The number of thiazole rings is 1. The zero-order valence-corrected chi connectivity index (χ0v) is 22.7. The molecule has 4 rings (SSSR count). The molecule has 1 aliphatic heterocycles. The van der Waals surface area contributed by atoms with Crippen LogP contribution in [0.15, 0.2) is 74.6 Å². The summed E-state index contributed by atoms with van der Waals surface area (Å²) >= 11 is 4.15. The van der Waals surface area contributed by atoms with Crippen LogP contribution in [0, 0.1) is 10.1 Å². The topological polar surface area (TPSA) is 133 Å². The van der Waals surface area contributed by atoms with E-state index in [0.717, 1.165) is 11.3 Å². The molecule has 0 bridgehead atoms. The van der Waals surface area contributed by atoms with Gasteiger partial charge in [-0.3, -0.25) is 19.5 Å². The van der Waals surface area contributed by atoms with Crippen molar-refractivity contribution in [2.75, 3.05) is 13.2 Å². The molecule has 38 heavy (non-hydrogen) atoms. The fourth-order valence-electron chi connectivity index (χ4n) is 3.97. The van der Waals surface area contributed by atoms with Gasteiger partial charge in [0.05, 0.1) is 37.8 Å². The van der Waals surface area contributed by atoms with Crippen molar-refractivity contribution >= 4 is 45.0 Å². The van der Waals surface area contributed by atoms with Crippen LogP contribution >= 0.6 is 27.3 Å². The number of allylic oxidation sites excluding steroid dienone is 1. The first-order chi connectivity index (χ1) is 18.2. The van der Waals surface area contributed by atoms with Crippen LogP contribution in [-0.2, 0) is 9.53 Å². The maximum Gasteiger partial charge on any atom is 0.338 e. The average molecular weight is 600 g/mol. The van der Waals surface area contributed by atoms with Crippen molar-refractivity contribution in [3.63, 3.8) is 0 Å². The number of nitro groups is 1. The molecule has 0 aliphatic carbocycles. The number of carbonyl (C=O) groups excluding carboxylic acids is 1. The molecule has 196 valence electrons. The Morgan fingerprint density at radius 2 is 2.05 bits per heavy atom. The number of nitrogens with zero attached hydrogens (tertiary/aromatic N) is 3. The van der Waals surface area contributed by atoms with Gasteiger partial charge >= 0.3 is 5.97 Å². The lowest BCUT2D eigenvalue weighted by Crippen LogP contribution is -2.39. The van der Waals surface area contributed by atoms with Gasteiger partial charge in [-0.1, -0.05) is 36.1 Å². The van der Waals surface area contributed by atoms with E-state index in [2.05, 4.69) is 27.5 Å². The maximum atomic E-state index is 13.7. The highest BCUT2D eigenvalue weighted by Gasteiger charge is 2.33. The molecule has 2 heterocycles. The normalized spacial score (nSPS) is 15.0. The van der Waals surface area contributed by atoms with E-state index in [1.165, 1.54) is 22.8 Å². The second kappa shape index (κ2) is 11.2. The summed E-state index contributed by atoms with van der Waals surface area (Å²) in [7, 11) is 0. The standard InChI is InChI=1S/C26H22BrN3O7S/c1-4-10-37-18-8-6-15(7-9-18)22-21(25(33)36-5-2)14(3)28-26-29(22)24(32)20(38-26)12-16-11-17(30(34)35)13-19(27)23(16)31/h4,6-9,11-13,22,31H,1,5,10H2,2-3H3/b20-12-/t22-/m0/s1. The number of esters is 1. The fourth-order valence-corrected chi connectivity index (χ4v) is 5.47. The molecule has 0 saturated carbocycles. The first-order valence-corrected chi connectivity index (χ1v) is 13.0. The highest BCUT2D eigenvalue weighted by atomic mass is 79.9. The van der Waals surface area contributed by atoms with E-state index in [0.29, 0.717) is 28.4 Å². The number of rotatable bonds is 8. The van der Waals surface area contributed by atoms with E-state index in [-0.39, 0.29) is 38.2 Å². The second-order valence-corrected chi connectivity index (χ2v) is 9.96. The lowest BCUT2D eigenvalue weighted by molar-refractivity contribution is -0.385. The number of ether oxygens (including phenoxy) is 2. The van der Waals surface area contributed by atoms with Crippen LogP contribution in [0.1, 0.15) is 31.0 Å². The van der Waals surface area contributed by atoms with E-state index in [1.807, 2.05) is 0 Å². The zero-order chi connectivity index (χ0) is 27.6. The van der Waals surface area contributed by atoms with Gasteiger partial charge in [0, 0.05) is 17.7 Å². The molecular formula is C26H22BrN3O7S. The third-order valence-electron chi connectivity index (χ3n) is 5.66. The summed E-state index contributed by atoms with van der Waals surface area (Å²) in [6.07, 6.45) is 2.98. The van der Waals surface area contributed by atoms with Crippen LogP contribution in [0.5, 0.6) is 11.5 Å². The van der Waals surface area contributed by atoms with Gasteiger partial charge in [-0.2, -0.15) is 0 Å². The molecule has 3 aromatic rings. The van der Waals surface area contributed by atoms with Crippen LogP contribution < -0.4 is 19.6 Å². The Balaban J connectivity index is 1.93. The number of carbonyl (C=O) groups is 1. The summed E-state index contributed by atoms with van der Waals surface area (Å²) in [5.74, 6) is -0.261. The summed E-state index contributed by atoms with van der Waals surface area (Å²) in [5, 5.41) is 21.8. The molecule has 0 fully saturated rings. The van der Waals surface area contributed by atoms with Crippen molar-refractivity contribution in [1.82, 2.24) is 4.57 Å². The lowest BCUT2D eigenvalue weighted by atomic mass is 9.96. The Hall–Kier alpha value is -4.03. The smallest absolute Gasteiger partial charge is 0.338 e. The second-order valence-electron chi connectivity index (χ2n) is 8.09. The first kappa shape index (κ1) is 27.0. The van der Waals surface area contributed by atoms with E-state index < -0.39 is 22.5 Å². The van der Waals surface area contributed by atoms with Crippen LogP contribution in [0.3, 0.4) is 0 Å². The summed E-state index contributed by atoms with van der Waals surface area (Å²) in [6.45, 7) is 7.45. The number of halogens is 1. The number of phenols is 1. The zero-order valence-electron chi connectivity index (χ0n) is 20.3. The van der Waals surface area contributed by atoms with E-state index in [4.69, 9.17) is 9.47 Å². The van der Waals surface area contributed by atoms with Gasteiger partial charge in [-0.15, -0.1) is 0 Å². The Morgan fingerprint density at radius 1 is 1.34 bits per heavy atom. The third-order valence-corrected chi connectivity index (χ3v) is 7.24. The molecule has 1 aromatic heterocycles. The van der Waals surface area contributed by atoms with Crippen molar-refractivity contribution in [2.24, 2.45) is 4.99 Å². The number of fused-ring (bicyclic) bond motifs is 1. The largest absolute Gasteiger partial charge is 0.506 e. The highest BCUT2D eigenvalue weighted by molar-refractivity contribution is 9.10. The maximum absolute atomic E-state index is 13.7. The molecule has 0 radical (unpaired) electrons. The van der Waals surface area contributed by atoms with Crippen LogP contribution in [0.2, 0.25) is 0 Å². The molecule has 10 nitrogen and oxygen atoms in total. The Bertz CT molecular complexity index is 1660. The predicted molar refractivity (Wildman–Crippen MR) is 145 cm³/mol. The monoisotopic (exact) mass is 599 g/mol. The van der Waals surface area contributed by atoms with Crippen LogP contribution in [-0.4, -0.2) is 33.8 Å². The number of hydrogen-bond acceptors (Lipinski definition) is 9. The quantitative estimate of drug-likeness (QED) is 0.180. The highest BCUT2D eigenvalue weighted by Crippen LogP contribution is 2.34. The van der Waals surface area contributed by atoms with Crippen molar-refractivity contribution in [2.45, 2.75) is 19.9 Å². The van der Waals surface area contributed by atoms with Crippen LogP contribution in [0.4, 0.5) is 5.69 Å². The SMILES string of the molecule is C=CCOc1ccc([C@H]2C(C(=O)OCC)=C(C)N=c3s/c(=C\c4cc([N+](=O)[O-])cc(Br)c4O)c(=O)n32)cc1. The third kappa shape index (κ3) is 5.18. The van der Waals surface area contributed by atoms with E-state index in [1.54, 1.807) is 44.2 Å². The number of hydrogen-bond donors (Lipinski definition) is 1. The lowest BCUT2D eigenvalue weighted by Gasteiger charge is -2.24. The summed E-state index contributed by atoms with van der Waals surface area (Å²) in [5.41, 5.74) is 0.577. The molecule has 0 unspecified atom stereocenters. The predicted octanol–water partition coefficient (Wildman–Crippen LogP) is 3.74. The molecule has 1 atom stereocenters. The molecule has 12 heteroatoms. The number of aromatic hydroxyl groups is 1. The molecule has 0 saturated heterocycles. The number of aromatic nitrogens is 1. The van der Waals surface area contributed by atoms with E-state index in [9.17, 15) is 24.8 Å². The number of phenolic OH excluding ortho intramolecular Hbond substituents is 1. The summed E-state index contributed by atoms with van der Waals surface area (Å²) < 4.78 is 12.5. The average Bonchev–Trinajstić information content (AvgIpc) is 3.19. The minimum Gasteiger partial charge on any atom is -0.506 e. The van der Waals surface area contributed by atoms with Crippen molar-refractivity contribution in [3.05, 3.63) is 106 Å². The van der Waals surface area contributed by atoms with Gasteiger partial charge < -0.3 is 14.6 Å². The summed E-state index contributed by atoms with van der Waals surface area (Å²) in [4.78, 5) is 42.2. The molecular weight excluding hydrogens is 578 g/mol. The minimum absolute atomic E-state index is 0.0814. The Kier molecular flexibility index (Phi) is 7.93. The van der Waals surface area contributed by atoms with Crippen LogP contribution in [0.25, 0.3) is 6.08 Å². The minimum atomic E-state index is -0.841. The number of non-ortho nitro benzene ring substituents is 1. The van der Waals surface area contributed by atoms with Gasteiger partial charge in [0.25, 0.3) is 11.2 Å².